The van der Waals surface area contributed by atoms with Crippen molar-refractivity contribution < 1.29 is 9.18 Å². The molecule has 0 bridgehead atoms. The number of hydrogen-bond donors (Lipinski definition) is 0. The number of hydrogen-bond acceptors (Lipinski definition) is 5. The Bertz CT molecular complexity index is 734. The van der Waals surface area contributed by atoms with Crippen molar-refractivity contribution in [3.05, 3.63) is 36.7 Å². The molecule has 0 aromatic carbocycles. The number of anilines is 1. The van der Waals surface area contributed by atoms with Gasteiger partial charge in [0, 0.05) is 38.4 Å². The average Bonchev–Trinajstić information content (AvgIpc) is 3.22. The number of fused-ring (bicyclic) bond motifs is 1. The fourth-order valence-electron chi connectivity index (χ4n) is 4.28. The third kappa shape index (κ3) is 3.08. The maximum Gasteiger partial charge on any atom is 0.225 e. The minimum Gasteiger partial charge on any atom is -0.340 e. The molecule has 1 amide bonds. The predicted octanol–water partition coefficient (Wildman–Crippen LogP) is 1.33. The summed E-state index contributed by atoms with van der Waals surface area (Å²) >= 11 is 0. The molecule has 0 radical (unpaired) electrons. The third-order valence-electron chi connectivity index (χ3n) is 5.23. The van der Waals surface area contributed by atoms with Gasteiger partial charge in [0.2, 0.25) is 11.9 Å². The summed E-state index contributed by atoms with van der Waals surface area (Å²) in [6.45, 7) is 3.92. The molecule has 3 atom stereocenters. The lowest BCUT2D eigenvalue weighted by Gasteiger charge is -2.38. The van der Waals surface area contributed by atoms with Crippen molar-refractivity contribution in [1.29, 1.82) is 0 Å². The van der Waals surface area contributed by atoms with Crippen LogP contribution in [0.3, 0.4) is 0 Å². The zero-order valence-electron chi connectivity index (χ0n) is 14.1. The summed E-state index contributed by atoms with van der Waals surface area (Å²) < 4.78 is 14.9. The Kier molecular flexibility index (Phi) is 4.10. The van der Waals surface area contributed by atoms with Gasteiger partial charge in [0.25, 0.3) is 0 Å². The van der Waals surface area contributed by atoms with E-state index in [1.54, 1.807) is 13.1 Å². The van der Waals surface area contributed by atoms with Crippen molar-refractivity contribution in [2.75, 3.05) is 18.0 Å². The Morgan fingerprint density at radius 3 is 2.84 bits per heavy atom. The maximum atomic E-state index is 13.0. The first kappa shape index (κ1) is 16.0. The zero-order valence-corrected chi connectivity index (χ0v) is 14.1. The Labute approximate surface area is 145 Å². The van der Waals surface area contributed by atoms with E-state index >= 15 is 0 Å². The molecule has 2 aliphatic rings. The van der Waals surface area contributed by atoms with Crippen LogP contribution in [0, 0.1) is 11.7 Å². The average molecular weight is 344 g/mol. The Balaban J connectivity index is 1.50. The number of carbonyl (C=O) groups is 1. The van der Waals surface area contributed by atoms with Crippen LogP contribution in [-0.4, -0.2) is 55.7 Å². The van der Waals surface area contributed by atoms with E-state index in [0.29, 0.717) is 18.4 Å². The summed E-state index contributed by atoms with van der Waals surface area (Å²) in [5.74, 6) is 0.620. The van der Waals surface area contributed by atoms with Gasteiger partial charge < -0.3 is 9.80 Å². The molecule has 0 saturated carbocycles. The van der Waals surface area contributed by atoms with Gasteiger partial charge in [-0.2, -0.15) is 5.10 Å². The second-order valence-electron chi connectivity index (χ2n) is 6.81. The lowest BCUT2D eigenvalue weighted by atomic mass is 9.92. The molecule has 1 unspecified atom stereocenters. The van der Waals surface area contributed by atoms with Gasteiger partial charge in [-0.3, -0.25) is 9.48 Å². The van der Waals surface area contributed by atoms with Crippen molar-refractivity contribution in [3.63, 3.8) is 0 Å². The van der Waals surface area contributed by atoms with Crippen LogP contribution in [0.5, 0.6) is 0 Å². The highest BCUT2D eigenvalue weighted by Gasteiger charge is 2.45. The van der Waals surface area contributed by atoms with E-state index < -0.39 is 5.82 Å². The predicted molar refractivity (Wildman–Crippen MR) is 89.3 cm³/mol. The molecule has 0 aliphatic carbocycles. The van der Waals surface area contributed by atoms with Crippen molar-refractivity contribution in [2.45, 2.75) is 38.4 Å². The molecule has 25 heavy (non-hydrogen) atoms. The van der Waals surface area contributed by atoms with E-state index in [1.165, 1.54) is 12.4 Å². The fourth-order valence-corrected chi connectivity index (χ4v) is 4.28. The van der Waals surface area contributed by atoms with Crippen LogP contribution in [-0.2, 0) is 11.3 Å². The lowest BCUT2D eigenvalue weighted by Crippen LogP contribution is -2.49. The highest BCUT2D eigenvalue weighted by atomic mass is 19.1. The van der Waals surface area contributed by atoms with E-state index in [9.17, 15) is 9.18 Å². The van der Waals surface area contributed by atoms with E-state index in [4.69, 9.17) is 0 Å². The lowest BCUT2D eigenvalue weighted by molar-refractivity contribution is -0.132. The van der Waals surface area contributed by atoms with E-state index in [2.05, 4.69) is 20.0 Å². The summed E-state index contributed by atoms with van der Waals surface area (Å²) in [5.41, 5.74) is 0. The largest absolute Gasteiger partial charge is 0.340 e. The number of amides is 1. The standard InChI is InChI=1S/C17H21FN6O/c1-12(25)24-15(11-23-5-2-4-21-23)7-13-10-22(6-3-16(13)24)17-19-8-14(18)9-20-17/h2,4-5,8-9,13,15-16H,3,6-7,10-11H2,1H3/t13-,15?,16+/m0/s1. The molecule has 2 aromatic rings. The van der Waals surface area contributed by atoms with Gasteiger partial charge >= 0.3 is 0 Å². The second-order valence-corrected chi connectivity index (χ2v) is 6.81. The molecular formula is C17H21FN6O. The van der Waals surface area contributed by atoms with Crippen molar-refractivity contribution >= 4 is 11.9 Å². The molecule has 2 saturated heterocycles. The van der Waals surface area contributed by atoms with E-state index in [-0.39, 0.29) is 18.0 Å². The Morgan fingerprint density at radius 1 is 1.36 bits per heavy atom. The first-order chi connectivity index (χ1) is 12.1. The quantitative estimate of drug-likeness (QED) is 0.840. The fraction of sp³-hybridized carbons (Fsp3) is 0.529. The zero-order chi connectivity index (χ0) is 17.4. The van der Waals surface area contributed by atoms with Crippen LogP contribution in [0.25, 0.3) is 0 Å². The third-order valence-corrected chi connectivity index (χ3v) is 5.23. The van der Waals surface area contributed by atoms with Crippen LogP contribution in [0.4, 0.5) is 10.3 Å². The van der Waals surface area contributed by atoms with Crippen LogP contribution in [0.2, 0.25) is 0 Å². The summed E-state index contributed by atoms with van der Waals surface area (Å²) in [7, 11) is 0. The number of likely N-dealkylation sites (tertiary alicyclic amines) is 1. The van der Waals surface area contributed by atoms with E-state index in [1.807, 2.05) is 21.8 Å². The van der Waals surface area contributed by atoms with Gasteiger partial charge in [0.05, 0.1) is 25.0 Å². The highest BCUT2D eigenvalue weighted by molar-refractivity contribution is 5.74. The Hall–Kier alpha value is -2.51. The van der Waals surface area contributed by atoms with Crippen LogP contribution < -0.4 is 4.90 Å². The molecule has 2 fully saturated rings. The molecule has 4 heterocycles. The number of piperidine rings is 1. The molecule has 2 aromatic heterocycles. The molecule has 0 spiro atoms. The molecule has 4 rings (SSSR count). The van der Waals surface area contributed by atoms with Gasteiger partial charge in [-0.05, 0) is 24.8 Å². The number of nitrogens with zero attached hydrogens (tertiary/aromatic N) is 6. The van der Waals surface area contributed by atoms with Crippen molar-refractivity contribution in [2.24, 2.45) is 5.92 Å². The van der Waals surface area contributed by atoms with Crippen molar-refractivity contribution in [1.82, 2.24) is 24.6 Å². The van der Waals surface area contributed by atoms with Crippen LogP contribution >= 0.6 is 0 Å². The van der Waals surface area contributed by atoms with Gasteiger partial charge in [0.1, 0.15) is 0 Å². The maximum absolute atomic E-state index is 13.0. The molecule has 0 N–H and O–H groups in total. The topological polar surface area (TPSA) is 67.2 Å². The summed E-state index contributed by atoms with van der Waals surface area (Å²) in [5, 5.41) is 4.27. The molecular weight excluding hydrogens is 323 g/mol. The van der Waals surface area contributed by atoms with Gasteiger partial charge in [-0.15, -0.1) is 0 Å². The minimum absolute atomic E-state index is 0.121. The molecule has 7 nitrogen and oxygen atoms in total. The molecule has 132 valence electrons. The normalized spacial score (nSPS) is 25.9. The van der Waals surface area contributed by atoms with Gasteiger partial charge in [-0.25, -0.2) is 14.4 Å². The molecule has 2 aliphatic heterocycles. The summed E-state index contributed by atoms with van der Waals surface area (Å²) in [6.07, 6.45) is 7.89. The highest BCUT2D eigenvalue weighted by Crippen LogP contribution is 2.37. The summed E-state index contributed by atoms with van der Waals surface area (Å²) in [4.78, 5) is 24.6. The van der Waals surface area contributed by atoms with Gasteiger partial charge in [0.15, 0.2) is 5.82 Å². The molecule has 8 heteroatoms. The number of aromatic nitrogens is 4. The Morgan fingerprint density at radius 2 is 2.16 bits per heavy atom. The SMILES string of the molecule is CC(=O)N1C(Cn2cccn2)C[C@H]2CN(c3ncc(F)cn3)CC[C@H]21. The number of halogens is 1. The van der Waals surface area contributed by atoms with Gasteiger partial charge in [-0.1, -0.05) is 0 Å². The smallest absolute Gasteiger partial charge is 0.225 e. The second kappa shape index (κ2) is 6.42. The first-order valence-corrected chi connectivity index (χ1v) is 8.60. The monoisotopic (exact) mass is 344 g/mol. The number of carbonyl (C=O) groups excluding carboxylic acids is 1. The van der Waals surface area contributed by atoms with Crippen LogP contribution in [0.15, 0.2) is 30.9 Å². The first-order valence-electron chi connectivity index (χ1n) is 8.60. The number of rotatable bonds is 3. The van der Waals surface area contributed by atoms with Crippen LogP contribution in [0.1, 0.15) is 19.8 Å². The summed E-state index contributed by atoms with van der Waals surface area (Å²) in [6, 6.07) is 2.30. The minimum atomic E-state index is -0.429. The van der Waals surface area contributed by atoms with Crippen molar-refractivity contribution in [3.8, 4) is 0 Å². The van der Waals surface area contributed by atoms with E-state index in [0.717, 1.165) is 25.9 Å².